The van der Waals surface area contributed by atoms with Crippen LogP contribution < -0.4 is 14.4 Å². The van der Waals surface area contributed by atoms with Gasteiger partial charge in [0.25, 0.3) is 0 Å². The number of carbonyl (C=O) groups excluding carboxylic acids is 2. The van der Waals surface area contributed by atoms with Crippen molar-refractivity contribution in [1.82, 2.24) is 9.55 Å². The van der Waals surface area contributed by atoms with Crippen molar-refractivity contribution in [3.63, 3.8) is 0 Å². The monoisotopic (exact) mass is 451 g/mol. The fraction of sp³-hybridized carbons (Fsp3) is 0.400. The Balaban J connectivity index is 1.98. The summed E-state index contributed by atoms with van der Waals surface area (Å²) in [5.41, 5.74) is 2.34. The van der Waals surface area contributed by atoms with E-state index in [4.69, 9.17) is 19.2 Å². The molecule has 174 valence electrons. The molecule has 4 rings (SSSR count). The molecule has 0 bridgehead atoms. The number of para-hydroxylation sites is 2. The minimum Gasteiger partial charge on any atom is -0.493 e. The van der Waals surface area contributed by atoms with Gasteiger partial charge in [-0.3, -0.25) is 14.5 Å². The number of rotatable bonds is 8. The van der Waals surface area contributed by atoms with Crippen molar-refractivity contribution in [1.29, 1.82) is 0 Å². The third-order valence-corrected chi connectivity index (χ3v) is 5.97. The molecule has 1 aromatic heterocycles. The molecular formula is C25H29N3O5. The Morgan fingerprint density at radius 3 is 2.52 bits per heavy atom. The number of fused-ring (bicyclic) bond motifs is 3. The summed E-state index contributed by atoms with van der Waals surface area (Å²) in [6.07, 6.45) is 1.71. The van der Waals surface area contributed by atoms with Crippen molar-refractivity contribution >= 4 is 28.9 Å². The van der Waals surface area contributed by atoms with E-state index in [0.717, 1.165) is 29.4 Å². The molecule has 1 amide bonds. The molecule has 0 N–H and O–H groups in total. The molecule has 0 fully saturated rings. The van der Waals surface area contributed by atoms with Gasteiger partial charge in [-0.2, -0.15) is 0 Å². The number of methoxy groups -OCH3 is 2. The van der Waals surface area contributed by atoms with Gasteiger partial charge in [0, 0.05) is 6.54 Å². The number of amides is 1. The molecule has 0 saturated carbocycles. The van der Waals surface area contributed by atoms with Gasteiger partial charge >= 0.3 is 5.97 Å². The highest BCUT2D eigenvalue weighted by Crippen LogP contribution is 2.43. The number of unbranched alkanes of at least 4 members (excludes halogenated alkanes) is 1. The lowest BCUT2D eigenvalue weighted by molar-refractivity contribution is -0.153. The smallest absolute Gasteiger partial charge is 0.321 e. The van der Waals surface area contributed by atoms with Gasteiger partial charge in [-0.05, 0) is 43.2 Å². The van der Waals surface area contributed by atoms with Crippen LogP contribution in [0.2, 0.25) is 0 Å². The number of anilines is 1. The SMILES string of the molecule is CCCCN1C(=O)C(C(=O)OCC)C(c2ccc(OC)c(OC)c2)n2c1nc1ccccc12. The van der Waals surface area contributed by atoms with E-state index in [-0.39, 0.29) is 12.5 Å². The van der Waals surface area contributed by atoms with E-state index in [2.05, 4.69) is 6.92 Å². The van der Waals surface area contributed by atoms with E-state index in [0.29, 0.717) is 24.0 Å². The Hall–Kier alpha value is -3.55. The van der Waals surface area contributed by atoms with Crippen molar-refractivity contribution in [3.8, 4) is 11.5 Å². The Labute approximate surface area is 193 Å². The van der Waals surface area contributed by atoms with E-state index in [1.165, 1.54) is 0 Å². The van der Waals surface area contributed by atoms with Gasteiger partial charge in [-0.1, -0.05) is 31.5 Å². The number of hydrogen-bond acceptors (Lipinski definition) is 6. The normalized spacial score (nSPS) is 17.7. The third kappa shape index (κ3) is 3.90. The molecule has 8 nitrogen and oxygen atoms in total. The Kier molecular flexibility index (Phi) is 6.53. The molecule has 2 unspecified atom stereocenters. The van der Waals surface area contributed by atoms with Crippen LogP contribution in [0.25, 0.3) is 11.0 Å². The Morgan fingerprint density at radius 2 is 1.82 bits per heavy atom. The number of benzene rings is 2. The fourth-order valence-electron chi connectivity index (χ4n) is 4.41. The van der Waals surface area contributed by atoms with Crippen molar-refractivity contribution in [2.45, 2.75) is 32.7 Å². The number of esters is 1. The number of ether oxygens (including phenoxy) is 3. The standard InChI is InChI=1S/C25H29N3O5/c1-5-7-14-27-23(29)21(24(30)33-6-2)22(16-12-13-19(31-3)20(15-16)32-4)28-18-11-9-8-10-17(18)26-25(27)28/h8-13,15,21-22H,5-7,14H2,1-4H3. The molecule has 33 heavy (non-hydrogen) atoms. The zero-order valence-electron chi connectivity index (χ0n) is 19.4. The van der Waals surface area contributed by atoms with Gasteiger partial charge in [-0.25, -0.2) is 4.98 Å². The van der Waals surface area contributed by atoms with Gasteiger partial charge in [0.15, 0.2) is 17.4 Å². The van der Waals surface area contributed by atoms with Crippen LogP contribution in [-0.4, -0.2) is 48.8 Å². The van der Waals surface area contributed by atoms with Gasteiger partial charge < -0.3 is 18.8 Å². The zero-order valence-corrected chi connectivity index (χ0v) is 19.4. The molecule has 2 aromatic carbocycles. The molecule has 0 radical (unpaired) electrons. The molecule has 2 atom stereocenters. The minimum absolute atomic E-state index is 0.188. The van der Waals surface area contributed by atoms with E-state index in [1.54, 1.807) is 32.1 Å². The molecule has 1 aliphatic heterocycles. The van der Waals surface area contributed by atoms with E-state index in [1.807, 2.05) is 41.0 Å². The molecule has 1 aliphatic rings. The first-order valence-corrected chi connectivity index (χ1v) is 11.2. The topological polar surface area (TPSA) is 82.9 Å². The largest absolute Gasteiger partial charge is 0.493 e. The van der Waals surface area contributed by atoms with Gasteiger partial charge in [-0.15, -0.1) is 0 Å². The predicted octanol–water partition coefficient (Wildman–Crippen LogP) is 3.97. The first-order chi connectivity index (χ1) is 16.0. The number of imidazole rings is 1. The molecule has 0 spiro atoms. The molecule has 0 saturated heterocycles. The number of carbonyl (C=O) groups is 2. The lowest BCUT2D eigenvalue weighted by atomic mass is 9.89. The molecule has 2 heterocycles. The number of hydrogen-bond donors (Lipinski definition) is 0. The van der Waals surface area contributed by atoms with Crippen LogP contribution in [0.3, 0.4) is 0 Å². The van der Waals surface area contributed by atoms with Crippen molar-refractivity contribution in [2.24, 2.45) is 5.92 Å². The average Bonchev–Trinajstić information content (AvgIpc) is 3.21. The van der Waals surface area contributed by atoms with Gasteiger partial charge in [0.2, 0.25) is 11.9 Å². The van der Waals surface area contributed by atoms with Crippen LogP contribution in [0.15, 0.2) is 42.5 Å². The highest BCUT2D eigenvalue weighted by molar-refractivity contribution is 6.08. The molecule has 3 aromatic rings. The molecule has 8 heteroatoms. The summed E-state index contributed by atoms with van der Waals surface area (Å²) < 4.78 is 18.3. The third-order valence-electron chi connectivity index (χ3n) is 5.97. The second kappa shape index (κ2) is 9.52. The van der Waals surface area contributed by atoms with E-state index < -0.39 is 17.9 Å². The molecule has 0 aliphatic carbocycles. The van der Waals surface area contributed by atoms with Gasteiger partial charge in [0.05, 0.1) is 37.9 Å². The van der Waals surface area contributed by atoms with Crippen LogP contribution in [0.5, 0.6) is 11.5 Å². The maximum absolute atomic E-state index is 13.8. The lowest BCUT2D eigenvalue weighted by Gasteiger charge is -2.38. The van der Waals surface area contributed by atoms with Gasteiger partial charge in [0.1, 0.15) is 0 Å². The van der Waals surface area contributed by atoms with Crippen molar-refractivity contribution in [3.05, 3.63) is 48.0 Å². The summed E-state index contributed by atoms with van der Waals surface area (Å²) in [7, 11) is 3.12. The van der Waals surface area contributed by atoms with Crippen molar-refractivity contribution < 1.29 is 23.8 Å². The summed E-state index contributed by atoms with van der Waals surface area (Å²) in [5, 5.41) is 0. The van der Waals surface area contributed by atoms with E-state index in [9.17, 15) is 9.59 Å². The molecular weight excluding hydrogens is 422 g/mol. The second-order valence-electron chi connectivity index (χ2n) is 7.90. The van der Waals surface area contributed by atoms with Crippen LogP contribution in [0.4, 0.5) is 5.95 Å². The Bertz CT molecular complexity index is 1170. The average molecular weight is 452 g/mol. The quantitative estimate of drug-likeness (QED) is 0.381. The summed E-state index contributed by atoms with van der Waals surface area (Å²) in [6, 6.07) is 12.5. The van der Waals surface area contributed by atoms with Crippen LogP contribution >= 0.6 is 0 Å². The van der Waals surface area contributed by atoms with Crippen LogP contribution in [0.1, 0.15) is 38.3 Å². The lowest BCUT2D eigenvalue weighted by Crippen LogP contribution is -2.50. The highest BCUT2D eigenvalue weighted by atomic mass is 16.5. The van der Waals surface area contributed by atoms with Crippen LogP contribution in [0, 0.1) is 5.92 Å². The minimum atomic E-state index is -1.05. The summed E-state index contributed by atoms with van der Waals surface area (Å²) in [4.78, 5) is 33.4. The second-order valence-corrected chi connectivity index (χ2v) is 7.90. The zero-order chi connectivity index (χ0) is 23.5. The summed E-state index contributed by atoms with van der Waals surface area (Å²) in [6.45, 7) is 4.47. The summed E-state index contributed by atoms with van der Waals surface area (Å²) >= 11 is 0. The maximum Gasteiger partial charge on any atom is 0.321 e. The number of aromatic nitrogens is 2. The Morgan fingerprint density at radius 1 is 1.06 bits per heavy atom. The fourth-order valence-corrected chi connectivity index (χ4v) is 4.41. The number of nitrogens with zero attached hydrogens (tertiary/aromatic N) is 3. The first kappa shape index (κ1) is 22.6. The van der Waals surface area contributed by atoms with E-state index >= 15 is 0 Å². The highest BCUT2D eigenvalue weighted by Gasteiger charge is 2.47. The maximum atomic E-state index is 13.8. The predicted molar refractivity (Wildman–Crippen MR) is 125 cm³/mol. The summed E-state index contributed by atoms with van der Waals surface area (Å²) in [5.74, 6) is -0.280. The van der Waals surface area contributed by atoms with Crippen molar-refractivity contribution in [2.75, 3.05) is 32.3 Å². The van der Waals surface area contributed by atoms with Crippen LogP contribution in [-0.2, 0) is 14.3 Å². The first-order valence-electron chi connectivity index (χ1n) is 11.2.